The second kappa shape index (κ2) is 3.75. The van der Waals surface area contributed by atoms with E-state index < -0.39 is 29.9 Å². The smallest absolute Gasteiger partial charge is 0.283 e. The number of hydrogen-bond donors (Lipinski definition) is 2. The lowest BCUT2D eigenvalue weighted by Crippen LogP contribution is -2.43. The van der Waals surface area contributed by atoms with E-state index in [0.29, 0.717) is 6.42 Å². The number of halogens is 3. The summed E-state index contributed by atoms with van der Waals surface area (Å²) in [6.45, 7) is 0. The number of amidine groups is 1. The van der Waals surface area contributed by atoms with Crippen molar-refractivity contribution in [2.24, 2.45) is 16.6 Å². The molecule has 5 nitrogen and oxygen atoms in total. The van der Waals surface area contributed by atoms with E-state index in [1.54, 1.807) is 0 Å². The van der Waals surface area contributed by atoms with Crippen molar-refractivity contribution in [3.63, 3.8) is 0 Å². The molecule has 1 aromatic heterocycles. The van der Waals surface area contributed by atoms with Crippen molar-refractivity contribution in [2.45, 2.75) is 24.5 Å². The molecule has 1 saturated carbocycles. The van der Waals surface area contributed by atoms with E-state index in [1.165, 1.54) is 0 Å². The average molecular weight is 272 g/mol. The molecule has 1 fully saturated rings. The van der Waals surface area contributed by atoms with Crippen LogP contribution in [-0.2, 0) is 10.3 Å². The Morgan fingerprint density at radius 2 is 2.16 bits per heavy atom. The minimum absolute atomic E-state index is 0.0916. The van der Waals surface area contributed by atoms with E-state index in [0.717, 1.165) is 12.3 Å². The number of aliphatic imine (C=N–C) groups is 1. The molecule has 0 spiro atoms. The van der Waals surface area contributed by atoms with Gasteiger partial charge in [0.05, 0.1) is 11.9 Å². The van der Waals surface area contributed by atoms with E-state index in [4.69, 9.17) is 16.2 Å². The van der Waals surface area contributed by atoms with E-state index in [1.807, 2.05) is 0 Å². The molecule has 0 radical (unpaired) electrons. The Morgan fingerprint density at radius 3 is 2.84 bits per heavy atom. The monoisotopic (exact) mass is 272 g/mol. The van der Waals surface area contributed by atoms with Crippen LogP contribution in [0.2, 0.25) is 0 Å². The summed E-state index contributed by atoms with van der Waals surface area (Å²) in [5.41, 5.74) is 8.62. The van der Waals surface area contributed by atoms with E-state index in [9.17, 15) is 13.2 Å². The van der Waals surface area contributed by atoms with Crippen molar-refractivity contribution >= 4 is 11.7 Å². The molecule has 0 bridgehead atoms. The summed E-state index contributed by atoms with van der Waals surface area (Å²) in [6.07, 6.45) is -1.97. The number of anilines is 1. The number of alkyl halides is 2. The molecule has 0 aromatic carbocycles. The molecule has 102 valence electrons. The number of pyridine rings is 1. The number of nitrogens with two attached hydrogens (primary N) is 2. The Balaban J connectivity index is 2.21. The lowest BCUT2D eigenvalue weighted by molar-refractivity contribution is 0.0172. The van der Waals surface area contributed by atoms with Crippen molar-refractivity contribution in [2.75, 3.05) is 5.73 Å². The third-order valence-corrected chi connectivity index (χ3v) is 3.49. The summed E-state index contributed by atoms with van der Waals surface area (Å²) in [6, 6.07) is 0.771. The number of aromatic nitrogens is 1. The van der Waals surface area contributed by atoms with Crippen molar-refractivity contribution < 1.29 is 17.9 Å². The van der Waals surface area contributed by atoms with Crippen LogP contribution in [0.25, 0.3) is 0 Å². The van der Waals surface area contributed by atoms with Crippen molar-refractivity contribution in [3.8, 4) is 0 Å². The third-order valence-electron chi connectivity index (χ3n) is 3.49. The van der Waals surface area contributed by atoms with Gasteiger partial charge in [-0.1, -0.05) is 0 Å². The first-order chi connectivity index (χ1) is 8.95. The maximum absolute atomic E-state index is 13.8. The Bertz CT molecular complexity index is 565. The highest BCUT2D eigenvalue weighted by atomic mass is 19.3. The van der Waals surface area contributed by atoms with E-state index >= 15 is 0 Å². The second-order valence-electron chi connectivity index (χ2n) is 4.68. The highest BCUT2D eigenvalue weighted by molar-refractivity contribution is 5.74. The largest absolute Gasteiger partial charge is 0.462 e. The molecule has 2 aliphatic rings. The third kappa shape index (κ3) is 1.62. The summed E-state index contributed by atoms with van der Waals surface area (Å²) in [7, 11) is 0. The molecule has 8 heteroatoms. The fourth-order valence-electron chi connectivity index (χ4n) is 2.54. The Kier molecular flexibility index (Phi) is 2.38. The molecular weight excluding hydrogens is 261 g/mol. The van der Waals surface area contributed by atoms with Crippen LogP contribution in [0, 0.1) is 11.9 Å². The maximum atomic E-state index is 13.8. The minimum Gasteiger partial charge on any atom is -0.462 e. The molecule has 4 N–H and O–H groups in total. The summed E-state index contributed by atoms with van der Waals surface area (Å²) >= 11 is 0. The SMILES string of the molecule is NC1=N[C@@](c2cc(N)cnc2F)(C(F)F)[C@H]2C[C@H]2O1. The first-order valence-electron chi connectivity index (χ1n) is 5.66. The first-order valence-corrected chi connectivity index (χ1v) is 5.66. The van der Waals surface area contributed by atoms with Crippen LogP contribution < -0.4 is 11.5 Å². The zero-order chi connectivity index (χ0) is 13.8. The predicted molar refractivity (Wildman–Crippen MR) is 60.9 cm³/mol. The number of rotatable bonds is 2. The number of fused-ring (bicyclic) bond motifs is 1. The van der Waals surface area contributed by atoms with Gasteiger partial charge in [-0.2, -0.15) is 4.39 Å². The number of nitrogens with zero attached hydrogens (tertiary/aromatic N) is 2. The van der Waals surface area contributed by atoms with Gasteiger partial charge in [-0.15, -0.1) is 0 Å². The molecule has 1 aliphatic heterocycles. The van der Waals surface area contributed by atoms with Gasteiger partial charge in [0.25, 0.3) is 12.4 Å². The van der Waals surface area contributed by atoms with Crippen LogP contribution in [0.3, 0.4) is 0 Å². The quantitative estimate of drug-likeness (QED) is 0.786. The first kappa shape index (κ1) is 12.1. The lowest BCUT2D eigenvalue weighted by Gasteiger charge is -2.32. The highest BCUT2D eigenvalue weighted by Crippen LogP contribution is 2.56. The van der Waals surface area contributed by atoms with E-state index in [-0.39, 0.29) is 17.3 Å². The minimum atomic E-state index is -2.93. The second-order valence-corrected chi connectivity index (χ2v) is 4.68. The van der Waals surface area contributed by atoms with Crippen molar-refractivity contribution in [3.05, 3.63) is 23.8 Å². The van der Waals surface area contributed by atoms with Crippen LogP contribution in [0.4, 0.5) is 18.9 Å². The zero-order valence-corrected chi connectivity index (χ0v) is 9.69. The van der Waals surface area contributed by atoms with Gasteiger partial charge in [0, 0.05) is 11.5 Å². The maximum Gasteiger partial charge on any atom is 0.283 e. The normalized spacial score (nSPS) is 32.5. The van der Waals surface area contributed by atoms with Crippen LogP contribution in [0.5, 0.6) is 0 Å². The molecule has 1 aromatic rings. The molecule has 2 heterocycles. The molecule has 3 atom stereocenters. The van der Waals surface area contributed by atoms with Gasteiger partial charge in [-0.25, -0.2) is 18.8 Å². The van der Waals surface area contributed by atoms with Crippen LogP contribution in [0.1, 0.15) is 12.0 Å². The van der Waals surface area contributed by atoms with Gasteiger partial charge in [0.15, 0.2) is 5.54 Å². The highest BCUT2D eigenvalue weighted by Gasteiger charge is 2.64. The molecule has 0 amide bonds. The Hall–Kier alpha value is -1.99. The van der Waals surface area contributed by atoms with Crippen LogP contribution >= 0.6 is 0 Å². The standard InChI is InChI=1S/C11H11F3N4O/c12-8-6(1-4(15)3-17-8)11(9(13)14)5-2-7(5)19-10(16)18-11/h1,3,5,7,9H,2,15H2,(H2,16,18)/t5-,7+,11-/m0/s1. The fourth-order valence-corrected chi connectivity index (χ4v) is 2.54. The van der Waals surface area contributed by atoms with Crippen molar-refractivity contribution in [1.29, 1.82) is 0 Å². The molecule has 0 unspecified atom stereocenters. The summed E-state index contributed by atoms with van der Waals surface area (Å²) in [5, 5.41) is 0. The number of nitrogen functional groups attached to an aromatic ring is 1. The van der Waals surface area contributed by atoms with E-state index in [2.05, 4.69) is 9.98 Å². The molecule has 0 saturated heterocycles. The molecule has 3 rings (SSSR count). The topological polar surface area (TPSA) is 86.5 Å². The fraction of sp³-hybridized carbons (Fsp3) is 0.455. The van der Waals surface area contributed by atoms with Crippen LogP contribution in [0.15, 0.2) is 17.3 Å². The number of hydrogen-bond acceptors (Lipinski definition) is 5. The van der Waals surface area contributed by atoms with Crippen LogP contribution in [-0.4, -0.2) is 23.5 Å². The summed E-state index contributed by atoms with van der Waals surface area (Å²) < 4.78 is 46.0. The van der Waals surface area contributed by atoms with Crippen molar-refractivity contribution in [1.82, 2.24) is 4.98 Å². The summed E-state index contributed by atoms with van der Waals surface area (Å²) in [5.74, 6) is -1.63. The van der Waals surface area contributed by atoms with Gasteiger partial charge in [-0.05, 0) is 12.5 Å². The Labute approximate surface area is 106 Å². The van der Waals surface area contributed by atoms with Gasteiger partial charge in [0.2, 0.25) is 5.95 Å². The zero-order valence-electron chi connectivity index (χ0n) is 9.69. The van der Waals surface area contributed by atoms with Gasteiger partial charge < -0.3 is 16.2 Å². The Morgan fingerprint density at radius 1 is 1.42 bits per heavy atom. The van der Waals surface area contributed by atoms with Gasteiger partial charge in [-0.3, -0.25) is 0 Å². The van der Waals surface area contributed by atoms with Gasteiger partial charge in [0.1, 0.15) is 6.10 Å². The number of ether oxygens (including phenoxy) is 1. The van der Waals surface area contributed by atoms with Gasteiger partial charge >= 0.3 is 0 Å². The average Bonchev–Trinajstić information content (AvgIpc) is 3.10. The lowest BCUT2D eigenvalue weighted by atomic mass is 9.85. The molecule has 19 heavy (non-hydrogen) atoms. The predicted octanol–water partition coefficient (Wildman–Crippen LogP) is 0.997. The molecule has 1 aliphatic carbocycles. The summed E-state index contributed by atoms with van der Waals surface area (Å²) in [4.78, 5) is 7.08. The molecular formula is C11H11F3N4O.